The summed E-state index contributed by atoms with van der Waals surface area (Å²) in [6, 6.07) is 0. The summed E-state index contributed by atoms with van der Waals surface area (Å²) in [5, 5.41) is 10.1. The van der Waals surface area contributed by atoms with E-state index >= 15 is 0 Å². The van der Waals surface area contributed by atoms with Crippen molar-refractivity contribution < 1.29 is 9.59 Å². The Labute approximate surface area is 171 Å². The van der Waals surface area contributed by atoms with Gasteiger partial charge in [-0.05, 0) is 6.42 Å². The van der Waals surface area contributed by atoms with E-state index < -0.39 is 0 Å². The van der Waals surface area contributed by atoms with Crippen molar-refractivity contribution in [3.05, 3.63) is 12.4 Å². The SMILES string of the molecule is CCCNC(=O)CCNC(=NC)N1CCN(c2cnn(C)c2)C(=O)C1.I. The summed E-state index contributed by atoms with van der Waals surface area (Å²) in [6.07, 6.45) is 4.82. The molecule has 146 valence electrons. The minimum atomic E-state index is 0. The molecule has 1 saturated heterocycles. The molecule has 0 unspecified atom stereocenters. The van der Waals surface area contributed by atoms with Crippen molar-refractivity contribution in [3.8, 4) is 0 Å². The maximum Gasteiger partial charge on any atom is 0.246 e. The number of hydrogen-bond donors (Lipinski definition) is 2. The van der Waals surface area contributed by atoms with E-state index in [9.17, 15) is 9.59 Å². The van der Waals surface area contributed by atoms with E-state index in [4.69, 9.17) is 0 Å². The summed E-state index contributed by atoms with van der Waals surface area (Å²) >= 11 is 0. The van der Waals surface area contributed by atoms with Crippen molar-refractivity contribution in [2.24, 2.45) is 12.0 Å². The third-order valence-electron chi connectivity index (χ3n) is 3.94. The van der Waals surface area contributed by atoms with Gasteiger partial charge in [0.25, 0.3) is 0 Å². The first-order valence-corrected chi connectivity index (χ1v) is 8.56. The Bertz CT molecular complexity index is 632. The summed E-state index contributed by atoms with van der Waals surface area (Å²) in [7, 11) is 3.50. The highest BCUT2D eigenvalue weighted by molar-refractivity contribution is 14.0. The van der Waals surface area contributed by atoms with Crippen molar-refractivity contribution in [1.82, 2.24) is 25.3 Å². The van der Waals surface area contributed by atoms with E-state index in [0.717, 1.165) is 12.1 Å². The number of guanidine groups is 1. The standard InChI is InChI=1S/C16H27N7O2.HI/c1-4-6-18-14(24)5-7-19-16(17-2)22-8-9-23(15(25)12-22)13-10-20-21(3)11-13;/h10-11H,4-9,12H2,1-3H3,(H,17,19)(H,18,24);1H. The predicted molar refractivity (Wildman–Crippen MR) is 112 cm³/mol. The normalized spacial score (nSPS) is 14.9. The molecule has 26 heavy (non-hydrogen) atoms. The summed E-state index contributed by atoms with van der Waals surface area (Å²) in [6.45, 7) is 4.68. The molecule has 1 aromatic heterocycles. The smallest absolute Gasteiger partial charge is 0.246 e. The molecule has 1 aliphatic heterocycles. The quantitative estimate of drug-likeness (QED) is 0.347. The van der Waals surface area contributed by atoms with Gasteiger partial charge < -0.3 is 20.4 Å². The summed E-state index contributed by atoms with van der Waals surface area (Å²) in [5.41, 5.74) is 0.808. The summed E-state index contributed by atoms with van der Waals surface area (Å²) in [5.74, 6) is 0.660. The number of aromatic nitrogens is 2. The number of aliphatic imine (C=N–C) groups is 1. The maximum absolute atomic E-state index is 12.4. The van der Waals surface area contributed by atoms with E-state index in [1.165, 1.54) is 0 Å². The van der Waals surface area contributed by atoms with Crippen LogP contribution in [0.15, 0.2) is 17.4 Å². The molecule has 9 nitrogen and oxygen atoms in total. The number of rotatable bonds is 6. The first-order valence-electron chi connectivity index (χ1n) is 8.56. The molecule has 2 heterocycles. The Kier molecular flexibility index (Phi) is 9.38. The van der Waals surface area contributed by atoms with E-state index in [-0.39, 0.29) is 42.3 Å². The van der Waals surface area contributed by atoms with Gasteiger partial charge in [-0.2, -0.15) is 5.10 Å². The average molecular weight is 477 g/mol. The molecule has 0 spiro atoms. The lowest BCUT2D eigenvalue weighted by Gasteiger charge is -2.35. The second kappa shape index (κ2) is 11.0. The van der Waals surface area contributed by atoms with Gasteiger partial charge in [-0.25, -0.2) is 0 Å². The highest BCUT2D eigenvalue weighted by Crippen LogP contribution is 2.15. The van der Waals surface area contributed by atoms with E-state index in [1.54, 1.807) is 22.8 Å². The second-order valence-corrected chi connectivity index (χ2v) is 5.91. The fraction of sp³-hybridized carbons (Fsp3) is 0.625. The van der Waals surface area contributed by atoms with Crippen LogP contribution >= 0.6 is 24.0 Å². The lowest BCUT2D eigenvalue weighted by Crippen LogP contribution is -2.55. The number of carbonyl (C=O) groups excluding carboxylic acids is 2. The predicted octanol–water partition coefficient (Wildman–Crippen LogP) is 0.178. The van der Waals surface area contributed by atoms with Crippen LogP contribution in [0.5, 0.6) is 0 Å². The zero-order chi connectivity index (χ0) is 18.2. The largest absolute Gasteiger partial charge is 0.356 e. The minimum absolute atomic E-state index is 0. The van der Waals surface area contributed by atoms with Gasteiger partial charge in [-0.15, -0.1) is 24.0 Å². The molecule has 1 aliphatic rings. The highest BCUT2D eigenvalue weighted by Gasteiger charge is 2.27. The lowest BCUT2D eigenvalue weighted by molar-refractivity contribution is -0.121. The van der Waals surface area contributed by atoms with Gasteiger partial charge in [0, 0.05) is 52.9 Å². The Morgan fingerprint density at radius 2 is 2.08 bits per heavy atom. The van der Waals surface area contributed by atoms with Gasteiger partial charge in [0.05, 0.1) is 11.9 Å². The molecule has 0 aromatic carbocycles. The number of nitrogens with one attached hydrogen (secondary N) is 2. The molecule has 0 atom stereocenters. The summed E-state index contributed by atoms with van der Waals surface area (Å²) in [4.78, 5) is 31.9. The van der Waals surface area contributed by atoms with Crippen LogP contribution in [0.25, 0.3) is 0 Å². The van der Waals surface area contributed by atoms with Crippen LogP contribution in [-0.4, -0.2) is 72.2 Å². The zero-order valence-electron chi connectivity index (χ0n) is 15.6. The van der Waals surface area contributed by atoms with Gasteiger partial charge in [0.15, 0.2) is 5.96 Å². The Morgan fingerprint density at radius 1 is 1.31 bits per heavy atom. The minimum Gasteiger partial charge on any atom is -0.356 e. The van der Waals surface area contributed by atoms with Crippen molar-refractivity contribution in [2.75, 3.05) is 44.7 Å². The van der Waals surface area contributed by atoms with Crippen LogP contribution in [-0.2, 0) is 16.6 Å². The van der Waals surface area contributed by atoms with Gasteiger partial charge in [0.2, 0.25) is 11.8 Å². The third-order valence-corrected chi connectivity index (χ3v) is 3.94. The Balaban J connectivity index is 0.00000338. The molecule has 0 bridgehead atoms. The molecular weight excluding hydrogens is 449 g/mol. The van der Waals surface area contributed by atoms with Crippen LogP contribution in [0.4, 0.5) is 5.69 Å². The number of hydrogen-bond acceptors (Lipinski definition) is 4. The van der Waals surface area contributed by atoms with Crippen LogP contribution in [0.3, 0.4) is 0 Å². The average Bonchev–Trinajstić information content (AvgIpc) is 3.03. The Morgan fingerprint density at radius 3 is 2.65 bits per heavy atom. The highest BCUT2D eigenvalue weighted by atomic mass is 127. The van der Waals surface area contributed by atoms with E-state index in [1.807, 2.05) is 25.1 Å². The molecule has 0 aliphatic carbocycles. The van der Waals surface area contributed by atoms with Crippen LogP contribution in [0, 0.1) is 0 Å². The fourth-order valence-electron chi connectivity index (χ4n) is 2.65. The van der Waals surface area contributed by atoms with E-state index in [0.29, 0.717) is 38.6 Å². The number of nitrogens with zero attached hydrogens (tertiary/aromatic N) is 5. The van der Waals surface area contributed by atoms with Crippen LogP contribution < -0.4 is 15.5 Å². The molecule has 0 radical (unpaired) electrons. The zero-order valence-corrected chi connectivity index (χ0v) is 17.9. The Hall–Kier alpha value is -1.85. The number of anilines is 1. The molecule has 2 N–H and O–H groups in total. The molecule has 1 fully saturated rings. The molecular formula is C16H28IN7O2. The van der Waals surface area contributed by atoms with Crippen molar-refractivity contribution in [2.45, 2.75) is 19.8 Å². The van der Waals surface area contributed by atoms with Gasteiger partial charge in [-0.1, -0.05) is 6.92 Å². The molecule has 0 saturated carbocycles. The topological polar surface area (TPSA) is 94.9 Å². The number of piperazine rings is 1. The second-order valence-electron chi connectivity index (χ2n) is 5.91. The van der Waals surface area contributed by atoms with Crippen molar-refractivity contribution in [1.29, 1.82) is 0 Å². The molecule has 2 amide bonds. The monoisotopic (exact) mass is 477 g/mol. The van der Waals surface area contributed by atoms with Gasteiger partial charge in [0.1, 0.15) is 6.54 Å². The fourth-order valence-corrected chi connectivity index (χ4v) is 2.65. The van der Waals surface area contributed by atoms with Gasteiger partial charge in [-0.3, -0.25) is 19.3 Å². The lowest BCUT2D eigenvalue weighted by atomic mass is 10.3. The number of aryl methyl sites for hydroxylation is 1. The third kappa shape index (κ3) is 6.15. The first kappa shape index (κ1) is 22.2. The first-order chi connectivity index (χ1) is 12.0. The van der Waals surface area contributed by atoms with Crippen molar-refractivity contribution in [3.63, 3.8) is 0 Å². The van der Waals surface area contributed by atoms with E-state index in [2.05, 4.69) is 20.7 Å². The van der Waals surface area contributed by atoms with Crippen LogP contribution in [0.1, 0.15) is 19.8 Å². The van der Waals surface area contributed by atoms with Gasteiger partial charge >= 0.3 is 0 Å². The molecule has 10 heteroatoms. The number of halogens is 1. The van der Waals surface area contributed by atoms with Crippen LogP contribution in [0.2, 0.25) is 0 Å². The maximum atomic E-state index is 12.4. The number of amides is 2. The number of carbonyl (C=O) groups is 2. The summed E-state index contributed by atoms with van der Waals surface area (Å²) < 4.78 is 1.68. The van der Waals surface area contributed by atoms with Crippen molar-refractivity contribution >= 4 is 47.4 Å². The molecule has 1 aromatic rings. The molecule has 2 rings (SSSR count).